The Morgan fingerprint density at radius 3 is 3.00 bits per heavy atom. The monoisotopic (exact) mass is 273 g/mol. The highest BCUT2D eigenvalue weighted by atomic mass is 35.5. The van der Waals surface area contributed by atoms with Gasteiger partial charge in [-0.3, -0.25) is 0 Å². The number of nitrogens with zero attached hydrogens (tertiary/aromatic N) is 5. The summed E-state index contributed by atoms with van der Waals surface area (Å²) in [6.07, 6.45) is 3.48. The lowest BCUT2D eigenvalue weighted by atomic mass is 10.3. The van der Waals surface area contributed by atoms with Crippen LogP contribution in [0.15, 0.2) is 30.6 Å². The molecule has 0 saturated heterocycles. The molecule has 0 fully saturated rings. The Kier molecular flexibility index (Phi) is 3.13. The van der Waals surface area contributed by atoms with Crippen LogP contribution in [0, 0.1) is 6.92 Å². The van der Waals surface area contributed by atoms with Gasteiger partial charge in [0, 0.05) is 12.4 Å². The molecule has 0 aromatic carbocycles. The molecular weight excluding hydrogens is 262 g/mol. The van der Waals surface area contributed by atoms with Crippen molar-refractivity contribution in [3.8, 4) is 0 Å². The summed E-state index contributed by atoms with van der Waals surface area (Å²) < 4.78 is 1.98. The normalized spacial score (nSPS) is 11.1. The lowest BCUT2D eigenvalue weighted by molar-refractivity contribution is 0.734. The molecular formula is C13H12ClN5. The number of halogens is 1. The van der Waals surface area contributed by atoms with Gasteiger partial charge in [0.25, 0.3) is 0 Å². The van der Waals surface area contributed by atoms with Gasteiger partial charge in [0.05, 0.1) is 18.1 Å². The van der Waals surface area contributed by atoms with Gasteiger partial charge in [-0.05, 0) is 30.7 Å². The maximum atomic E-state index is 5.96. The van der Waals surface area contributed by atoms with Crippen molar-refractivity contribution in [1.82, 2.24) is 24.7 Å². The molecule has 0 spiro atoms. The van der Waals surface area contributed by atoms with E-state index in [4.69, 9.17) is 11.6 Å². The first-order valence-corrected chi connectivity index (χ1v) is 6.45. The van der Waals surface area contributed by atoms with Crippen LogP contribution in [-0.4, -0.2) is 24.7 Å². The number of imidazole rings is 1. The Hall–Kier alpha value is -2.01. The van der Waals surface area contributed by atoms with Gasteiger partial charge in [0.15, 0.2) is 5.65 Å². The van der Waals surface area contributed by atoms with Crippen molar-refractivity contribution < 1.29 is 0 Å². The average molecular weight is 274 g/mol. The summed E-state index contributed by atoms with van der Waals surface area (Å²) in [5, 5.41) is 7.96. The quantitative estimate of drug-likeness (QED) is 0.687. The molecule has 19 heavy (non-hydrogen) atoms. The molecule has 0 N–H and O–H groups in total. The Bertz CT molecular complexity index is 708. The molecule has 0 aliphatic heterocycles. The van der Waals surface area contributed by atoms with E-state index in [0.717, 1.165) is 28.2 Å². The van der Waals surface area contributed by atoms with E-state index >= 15 is 0 Å². The summed E-state index contributed by atoms with van der Waals surface area (Å²) in [5.74, 6) is 1.13. The highest BCUT2D eigenvalue weighted by Gasteiger charge is 2.12. The first kappa shape index (κ1) is 12.0. The number of aryl methyl sites for hydroxylation is 1. The SMILES string of the molecule is Cc1cnc2c(c1)nc(CCl)n2Cc1cccnn1. The smallest absolute Gasteiger partial charge is 0.160 e. The Labute approximate surface area is 115 Å². The molecule has 6 heteroatoms. The second-order valence-corrected chi connectivity index (χ2v) is 4.59. The van der Waals surface area contributed by atoms with Crippen LogP contribution in [-0.2, 0) is 12.4 Å². The molecule has 0 aliphatic carbocycles. The molecule has 0 saturated carbocycles. The van der Waals surface area contributed by atoms with Crippen LogP contribution in [0.25, 0.3) is 11.2 Å². The number of alkyl halides is 1. The van der Waals surface area contributed by atoms with E-state index in [0.29, 0.717) is 12.4 Å². The summed E-state index contributed by atoms with van der Waals surface area (Å²) in [6, 6.07) is 5.79. The molecule has 0 aliphatic rings. The van der Waals surface area contributed by atoms with Gasteiger partial charge in [-0.1, -0.05) is 0 Å². The second-order valence-electron chi connectivity index (χ2n) is 4.32. The van der Waals surface area contributed by atoms with Crippen LogP contribution in [0.1, 0.15) is 17.1 Å². The standard InChI is InChI=1S/C13H12ClN5/c1-9-5-11-13(15-7-9)19(12(6-14)17-11)8-10-3-2-4-16-18-10/h2-5,7H,6,8H2,1H3. The topological polar surface area (TPSA) is 56.5 Å². The third-order valence-corrected chi connectivity index (χ3v) is 3.11. The number of hydrogen-bond donors (Lipinski definition) is 0. The molecule has 3 heterocycles. The van der Waals surface area contributed by atoms with Crippen LogP contribution in [0.5, 0.6) is 0 Å². The zero-order chi connectivity index (χ0) is 13.2. The number of hydrogen-bond acceptors (Lipinski definition) is 4. The Balaban J connectivity index is 2.11. The Morgan fingerprint density at radius 2 is 2.26 bits per heavy atom. The molecule has 3 aromatic heterocycles. The zero-order valence-electron chi connectivity index (χ0n) is 10.4. The minimum absolute atomic E-state index is 0.343. The van der Waals surface area contributed by atoms with E-state index in [1.165, 1.54) is 0 Å². The molecule has 0 radical (unpaired) electrons. The number of fused-ring (bicyclic) bond motifs is 1. The maximum Gasteiger partial charge on any atom is 0.160 e. The molecule has 96 valence electrons. The number of rotatable bonds is 3. The van der Waals surface area contributed by atoms with Crippen LogP contribution in [0.2, 0.25) is 0 Å². The molecule has 0 atom stereocenters. The highest BCUT2D eigenvalue weighted by Crippen LogP contribution is 2.17. The fourth-order valence-electron chi connectivity index (χ4n) is 2.01. The van der Waals surface area contributed by atoms with E-state index in [-0.39, 0.29) is 0 Å². The minimum Gasteiger partial charge on any atom is -0.306 e. The van der Waals surface area contributed by atoms with Gasteiger partial charge in [0.1, 0.15) is 11.3 Å². The first-order valence-electron chi connectivity index (χ1n) is 5.92. The van der Waals surface area contributed by atoms with E-state index < -0.39 is 0 Å². The lowest BCUT2D eigenvalue weighted by Gasteiger charge is -2.05. The van der Waals surface area contributed by atoms with E-state index in [2.05, 4.69) is 20.2 Å². The highest BCUT2D eigenvalue weighted by molar-refractivity contribution is 6.16. The van der Waals surface area contributed by atoms with Crippen molar-refractivity contribution in [2.45, 2.75) is 19.3 Å². The molecule has 0 bridgehead atoms. The van der Waals surface area contributed by atoms with E-state index in [1.807, 2.05) is 35.9 Å². The number of pyridine rings is 1. The zero-order valence-corrected chi connectivity index (χ0v) is 11.2. The van der Waals surface area contributed by atoms with Gasteiger partial charge >= 0.3 is 0 Å². The van der Waals surface area contributed by atoms with Crippen molar-refractivity contribution in [1.29, 1.82) is 0 Å². The van der Waals surface area contributed by atoms with Crippen molar-refractivity contribution >= 4 is 22.8 Å². The minimum atomic E-state index is 0.343. The van der Waals surface area contributed by atoms with Gasteiger partial charge in [-0.25, -0.2) is 9.97 Å². The summed E-state index contributed by atoms with van der Waals surface area (Å²) in [6.45, 7) is 2.57. The van der Waals surface area contributed by atoms with Crippen molar-refractivity contribution in [3.05, 3.63) is 47.7 Å². The Morgan fingerprint density at radius 1 is 1.37 bits per heavy atom. The summed E-state index contributed by atoms with van der Waals surface area (Å²) >= 11 is 5.96. The summed E-state index contributed by atoms with van der Waals surface area (Å²) in [7, 11) is 0. The molecule has 0 amide bonds. The van der Waals surface area contributed by atoms with Crippen LogP contribution in [0.4, 0.5) is 0 Å². The van der Waals surface area contributed by atoms with Crippen LogP contribution in [0.3, 0.4) is 0 Å². The van der Waals surface area contributed by atoms with Gasteiger partial charge in [-0.2, -0.15) is 10.2 Å². The van der Waals surface area contributed by atoms with Crippen molar-refractivity contribution in [2.75, 3.05) is 0 Å². The van der Waals surface area contributed by atoms with Crippen LogP contribution < -0.4 is 0 Å². The van der Waals surface area contributed by atoms with Crippen LogP contribution >= 0.6 is 11.6 Å². The molecule has 3 rings (SSSR count). The lowest BCUT2D eigenvalue weighted by Crippen LogP contribution is -2.06. The van der Waals surface area contributed by atoms with Gasteiger partial charge in [-0.15, -0.1) is 11.6 Å². The summed E-state index contributed by atoms with van der Waals surface area (Å²) in [4.78, 5) is 8.95. The van der Waals surface area contributed by atoms with E-state index in [9.17, 15) is 0 Å². The first-order chi connectivity index (χ1) is 9.28. The van der Waals surface area contributed by atoms with Crippen molar-refractivity contribution in [2.24, 2.45) is 0 Å². The van der Waals surface area contributed by atoms with Gasteiger partial charge < -0.3 is 4.57 Å². The summed E-state index contributed by atoms with van der Waals surface area (Å²) in [5.41, 5.74) is 3.62. The molecule has 5 nitrogen and oxygen atoms in total. The predicted octanol–water partition coefficient (Wildman–Crippen LogP) is 2.32. The maximum absolute atomic E-state index is 5.96. The molecule has 0 unspecified atom stereocenters. The fraction of sp³-hybridized carbons (Fsp3) is 0.231. The third kappa shape index (κ3) is 2.29. The largest absolute Gasteiger partial charge is 0.306 e. The second kappa shape index (κ2) is 4.93. The molecule has 3 aromatic rings. The predicted molar refractivity (Wildman–Crippen MR) is 73.0 cm³/mol. The van der Waals surface area contributed by atoms with Crippen molar-refractivity contribution in [3.63, 3.8) is 0 Å². The average Bonchev–Trinajstić information content (AvgIpc) is 2.77. The fourth-order valence-corrected chi connectivity index (χ4v) is 2.21. The third-order valence-electron chi connectivity index (χ3n) is 2.87. The van der Waals surface area contributed by atoms with E-state index in [1.54, 1.807) is 6.20 Å². The number of aromatic nitrogens is 5. The van der Waals surface area contributed by atoms with Gasteiger partial charge in [0.2, 0.25) is 0 Å².